The van der Waals surface area contributed by atoms with Crippen molar-refractivity contribution in [3.63, 3.8) is 0 Å². The average Bonchev–Trinajstić information content (AvgIpc) is 3.13. The van der Waals surface area contributed by atoms with Crippen LogP contribution in [-0.2, 0) is 33.2 Å². The topological polar surface area (TPSA) is 314 Å². The summed E-state index contributed by atoms with van der Waals surface area (Å²) < 4.78 is 45.7. The summed E-state index contributed by atoms with van der Waals surface area (Å²) in [6, 6.07) is 7.13. The second-order valence-electron chi connectivity index (χ2n) is 13.5. The Morgan fingerprint density at radius 3 is 2.02 bits per heavy atom. The van der Waals surface area contributed by atoms with Crippen molar-refractivity contribution in [2.75, 3.05) is 6.61 Å². The van der Waals surface area contributed by atoms with Gasteiger partial charge in [0, 0.05) is 24.6 Å². The molecule has 55 heavy (non-hydrogen) atoms. The number of aliphatic hydroxyl groups is 7. The maximum atomic E-state index is 14.1. The van der Waals surface area contributed by atoms with E-state index in [1.165, 1.54) is 38.1 Å². The third kappa shape index (κ3) is 8.08. The molecule has 3 aromatic rings. The highest BCUT2D eigenvalue weighted by Crippen LogP contribution is 2.39. The molecule has 0 unspecified atom stereocenters. The predicted octanol–water partition coefficient (Wildman–Crippen LogP) is -1.97. The summed E-state index contributed by atoms with van der Waals surface area (Å²) >= 11 is 0. The molecule has 3 aliphatic rings. The zero-order chi connectivity index (χ0) is 40.0. The van der Waals surface area contributed by atoms with Gasteiger partial charge in [0.2, 0.25) is 17.5 Å². The Bertz CT molecular complexity index is 1880. The number of phenolic OH excluding ortho intramolecular Hbond substituents is 3. The van der Waals surface area contributed by atoms with Crippen molar-refractivity contribution < 1.29 is 93.4 Å². The van der Waals surface area contributed by atoms with Crippen LogP contribution in [0.3, 0.4) is 0 Å². The number of fused-ring (bicyclic) bond motifs is 1. The number of carbonyl (C=O) groups is 1. The minimum absolute atomic E-state index is 0.126. The van der Waals surface area contributed by atoms with Crippen molar-refractivity contribution in [3.05, 3.63) is 46.6 Å². The molecule has 6 rings (SSSR count). The maximum absolute atomic E-state index is 14.1. The molecule has 0 spiro atoms. The van der Waals surface area contributed by atoms with Crippen LogP contribution in [0.1, 0.15) is 20.8 Å². The van der Waals surface area contributed by atoms with Crippen LogP contribution < -0.4 is 10.2 Å². The van der Waals surface area contributed by atoms with E-state index in [-0.39, 0.29) is 22.7 Å². The Balaban J connectivity index is 1.38. The molecule has 0 radical (unpaired) electrons. The molecule has 1 aromatic heterocycles. The molecule has 15 atom stereocenters. The first-order valence-electron chi connectivity index (χ1n) is 17.1. The van der Waals surface area contributed by atoms with E-state index in [1.807, 2.05) is 0 Å². The largest absolute Gasteiger partial charge is 0.508 e. The summed E-state index contributed by atoms with van der Waals surface area (Å²) in [5.74, 6) is -3.10. The Labute approximate surface area is 310 Å². The first-order valence-corrected chi connectivity index (χ1v) is 17.1. The van der Waals surface area contributed by atoms with Gasteiger partial charge in [0.05, 0.1) is 18.8 Å². The Morgan fingerprint density at radius 2 is 1.35 bits per heavy atom. The quantitative estimate of drug-likeness (QED) is 0.105. The number of phenols is 3. The van der Waals surface area contributed by atoms with Crippen LogP contribution in [0.5, 0.6) is 23.0 Å². The molecule has 2 aromatic carbocycles. The van der Waals surface area contributed by atoms with Crippen LogP contribution in [0.4, 0.5) is 0 Å². The van der Waals surface area contributed by atoms with E-state index >= 15 is 0 Å². The number of esters is 1. The van der Waals surface area contributed by atoms with Crippen molar-refractivity contribution in [1.29, 1.82) is 0 Å². The highest BCUT2D eigenvalue weighted by atomic mass is 16.8. The van der Waals surface area contributed by atoms with E-state index in [0.29, 0.717) is 0 Å². The Kier molecular flexibility index (Phi) is 11.9. The van der Waals surface area contributed by atoms with Crippen LogP contribution in [0.15, 0.2) is 45.6 Å². The third-order valence-corrected chi connectivity index (χ3v) is 9.53. The number of hydrogen-bond donors (Lipinski definition) is 10. The minimum atomic E-state index is -2.03. The average molecular weight is 783 g/mol. The van der Waals surface area contributed by atoms with E-state index < -0.39 is 133 Å². The molecule has 4 heterocycles. The fourth-order valence-electron chi connectivity index (χ4n) is 6.55. The number of aliphatic hydroxyl groups excluding tert-OH is 7. The van der Waals surface area contributed by atoms with E-state index in [9.17, 15) is 60.7 Å². The summed E-state index contributed by atoms with van der Waals surface area (Å²) in [5, 5.41) is 105. The van der Waals surface area contributed by atoms with E-state index in [1.54, 1.807) is 0 Å². The highest BCUT2D eigenvalue weighted by Gasteiger charge is 2.53. The van der Waals surface area contributed by atoms with Crippen molar-refractivity contribution >= 4 is 16.9 Å². The minimum Gasteiger partial charge on any atom is -0.508 e. The van der Waals surface area contributed by atoms with Gasteiger partial charge in [-0.1, -0.05) is 0 Å². The van der Waals surface area contributed by atoms with Gasteiger partial charge in [-0.25, -0.2) is 0 Å². The summed E-state index contributed by atoms with van der Waals surface area (Å²) in [5.41, 5.74) is -1.19. The lowest BCUT2D eigenvalue weighted by molar-refractivity contribution is -0.360. The fraction of sp³-hybridized carbons (Fsp3) is 0.543. The number of ether oxygens (including phenoxy) is 7. The Morgan fingerprint density at radius 1 is 0.709 bits per heavy atom. The van der Waals surface area contributed by atoms with E-state index in [4.69, 9.17) is 37.6 Å². The number of rotatable bonds is 9. The molecule has 0 bridgehead atoms. The molecule has 0 amide bonds. The van der Waals surface area contributed by atoms with Crippen molar-refractivity contribution in [2.45, 2.75) is 113 Å². The second-order valence-corrected chi connectivity index (χ2v) is 13.5. The van der Waals surface area contributed by atoms with Crippen molar-refractivity contribution in [2.24, 2.45) is 0 Å². The van der Waals surface area contributed by atoms with Crippen LogP contribution in [0, 0.1) is 0 Å². The van der Waals surface area contributed by atoms with Crippen molar-refractivity contribution in [3.8, 4) is 34.3 Å². The summed E-state index contributed by atoms with van der Waals surface area (Å²) in [6.07, 6.45) is -24.7. The zero-order valence-electron chi connectivity index (χ0n) is 29.4. The van der Waals surface area contributed by atoms with Gasteiger partial charge in [0.25, 0.3) is 0 Å². The van der Waals surface area contributed by atoms with E-state index in [2.05, 4.69) is 0 Å². The van der Waals surface area contributed by atoms with Crippen LogP contribution >= 0.6 is 0 Å². The molecular formula is C35H42O20. The molecule has 3 saturated heterocycles. The van der Waals surface area contributed by atoms with Crippen LogP contribution in [0.25, 0.3) is 22.3 Å². The fourth-order valence-corrected chi connectivity index (χ4v) is 6.55. The monoisotopic (exact) mass is 782 g/mol. The molecule has 20 nitrogen and oxygen atoms in total. The first-order chi connectivity index (χ1) is 26.0. The molecule has 20 heteroatoms. The number of hydrogen-bond acceptors (Lipinski definition) is 20. The van der Waals surface area contributed by atoms with E-state index in [0.717, 1.165) is 19.1 Å². The number of carbonyl (C=O) groups excluding carboxylic acids is 1. The van der Waals surface area contributed by atoms with Crippen LogP contribution in [-0.4, -0.2) is 156 Å². The lowest BCUT2D eigenvalue weighted by atomic mass is 9.97. The molecular weight excluding hydrogens is 740 g/mol. The Hall–Kier alpha value is -4.16. The standard InChI is InChI=1S/C35H42O20/c1-11-21(40)24(43)27(46)33(49-11)48-10-19-22(41)25(44)32(55-34-28(47)26(45)29(12(2)50-34)51-13(3)36)35(53-19)54-31-23(42)20-17(39)8-16(38)9-18(20)52-30(31)14-4-6-15(37)7-5-14/h4-9,11-12,19,21-22,24-29,32-35,37-41,43-47H,10H2,1-3H3/t11-,12-,19-,21+,22+,24-,25-,26+,27+,28-,29-,32-,33-,34+,35+/m1/s1. The van der Waals surface area contributed by atoms with Gasteiger partial charge in [-0.15, -0.1) is 0 Å². The van der Waals surface area contributed by atoms with Gasteiger partial charge >= 0.3 is 5.97 Å². The summed E-state index contributed by atoms with van der Waals surface area (Å²) in [7, 11) is 0. The molecule has 0 aliphatic carbocycles. The van der Waals surface area contributed by atoms with Gasteiger partial charge in [0.15, 0.2) is 30.5 Å². The molecule has 3 fully saturated rings. The van der Waals surface area contributed by atoms with Gasteiger partial charge in [-0.05, 0) is 38.1 Å². The normalized spacial score (nSPS) is 36.7. The highest BCUT2D eigenvalue weighted by molar-refractivity contribution is 5.88. The van der Waals surface area contributed by atoms with Gasteiger partial charge in [0.1, 0.15) is 77.0 Å². The molecule has 302 valence electrons. The number of benzene rings is 2. The second kappa shape index (κ2) is 16.1. The van der Waals surface area contributed by atoms with Gasteiger partial charge in [-0.2, -0.15) is 0 Å². The van der Waals surface area contributed by atoms with Gasteiger partial charge in [-0.3, -0.25) is 9.59 Å². The third-order valence-electron chi connectivity index (χ3n) is 9.53. The smallest absolute Gasteiger partial charge is 0.303 e. The number of aromatic hydroxyl groups is 3. The first kappa shape index (κ1) is 40.5. The zero-order valence-corrected chi connectivity index (χ0v) is 29.4. The van der Waals surface area contributed by atoms with Crippen molar-refractivity contribution in [1.82, 2.24) is 0 Å². The summed E-state index contributed by atoms with van der Waals surface area (Å²) in [6.45, 7) is 3.21. The molecule has 3 aliphatic heterocycles. The lowest BCUT2D eigenvalue weighted by Crippen LogP contribution is -2.65. The van der Waals surface area contributed by atoms with Gasteiger partial charge < -0.3 is 88.6 Å². The summed E-state index contributed by atoms with van der Waals surface area (Å²) in [4.78, 5) is 25.7. The lowest BCUT2D eigenvalue weighted by Gasteiger charge is -2.46. The molecule has 0 saturated carbocycles. The maximum Gasteiger partial charge on any atom is 0.303 e. The predicted molar refractivity (Wildman–Crippen MR) is 179 cm³/mol. The van der Waals surface area contributed by atoms with Crippen LogP contribution in [0.2, 0.25) is 0 Å². The molecule has 10 N–H and O–H groups in total. The SMILES string of the molecule is CC(=O)O[C@H]1[C@@H](O)[C@@H](O)[C@H](O[C@H]2[C@H](Oc3c(-c4ccc(O)cc4)oc4cc(O)cc(O)c4c3=O)O[C@H](CO[C@@H]3O[C@H](C)[C@H](O)[C@@H](O)[C@@H]3O)[C@H](O)[C@H]2O)O[C@@H]1C.